The number of amides is 1. The number of nitrogens with one attached hydrogen (secondary N) is 1. The highest BCUT2D eigenvalue weighted by atomic mass is 16.6. The van der Waals surface area contributed by atoms with Crippen LogP contribution in [0, 0.1) is 22.0 Å². The highest BCUT2D eigenvalue weighted by Crippen LogP contribution is 2.58. The number of nitro benzene ring substituents is 1. The van der Waals surface area contributed by atoms with E-state index in [0.29, 0.717) is 22.7 Å². The van der Waals surface area contributed by atoms with Crippen LogP contribution in [0.5, 0.6) is 0 Å². The first-order valence-corrected chi connectivity index (χ1v) is 15.5. The average Bonchev–Trinajstić information content (AvgIpc) is 3.52. The van der Waals surface area contributed by atoms with Crippen molar-refractivity contribution in [2.75, 3.05) is 10.2 Å². The second kappa shape index (κ2) is 10.9. The number of anilines is 2. The molecule has 4 aromatic rings. The predicted molar refractivity (Wildman–Crippen MR) is 177 cm³/mol. The highest BCUT2D eigenvalue weighted by molar-refractivity contribution is 6.18. The third-order valence-corrected chi connectivity index (χ3v) is 9.68. The number of hydrogen-bond acceptors (Lipinski definition) is 6. The molecule has 0 aliphatic carbocycles. The molecule has 4 aromatic carbocycles. The largest absolute Gasteiger partial charge is 0.352 e. The van der Waals surface area contributed by atoms with Gasteiger partial charge in [0.05, 0.1) is 16.9 Å². The third-order valence-electron chi connectivity index (χ3n) is 9.68. The number of para-hydroxylation sites is 2. The monoisotopic (exact) mass is 611 g/mol. The number of carbonyl (C=O) groups excluding carboxylic acids is 3. The number of benzene rings is 4. The van der Waals surface area contributed by atoms with E-state index in [1.807, 2.05) is 78.6 Å². The molecule has 3 aliphatic rings. The van der Waals surface area contributed by atoms with Gasteiger partial charge in [-0.1, -0.05) is 80.6 Å². The molecule has 8 nitrogen and oxygen atoms in total. The fourth-order valence-corrected chi connectivity index (χ4v) is 7.76. The van der Waals surface area contributed by atoms with Crippen molar-refractivity contribution in [2.45, 2.75) is 44.7 Å². The molecule has 1 fully saturated rings. The molecule has 0 saturated carbocycles. The number of allylic oxidation sites excluding steroid dienone is 1. The Morgan fingerprint density at radius 3 is 2.22 bits per heavy atom. The smallest absolute Gasteiger partial charge is 0.269 e. The minimum Gasteiger partial charge on any atom is -0.352 e. The fourth-order valence-electron chi connectivity index (χ4n) is 7.76. The Labute approximate surface area is 266 Å². The van der Waals surface area contributed by atoms with Crippen LogP contribution in [-0.4, -0.2) is 34.5 Å². The van der Waals surface area contributed by atoms with Gasteiger partial charge >= 0.3 is 0 Å². The van der Waals surface area contributed by atoms with E-state index < -0.39 is 28.3 Å². The Bertz CT molecular complexity index is 1950. The van der Waals surface area contributed by atoms with Crippen LogP contribution in [0.1, 0.15) is 58.2 Å². The molecule has 7 rings (SSSR count). The second-order valence-electron chi connectivity index (χ2n) is 12.8. The van der Waals surface area contributed by atoms with Gasteiger partial charge in [0.25, 0.3) is 5.69 Å². The zero-order valence-electron chi connectivity index (χ0n) is 25.8. The number of rotatable bonds is 7. The van der Waals surface area contributed by atoms with Gasteiger partial charge in [-0.05, 0) is 60.2 Å². The van der Waals surface area contributed by atoms with Crippen LogP contribution in [-0.2, 0) is 16.6 Å². The number of Topliss-reactive ketones (excluding diaryl/α,β-unsaturated/α-hetero) is 2. The Hall–Kier alpha value is -5.37. The first kappa shape index (κ1) is 29.3. The van der Waals surface area contributed by atoms with Crippen LogP contribution < -0.4 is 10.2 Å². The summed E-state index contributed by atoms with van der Waals surface area (Å²) in [4.78, 5) is 57.3. The third kappa shape index (κ3) is 4.31. The summed E-state index contributed by atoms with van der Waals surface area (Å²) in [6, 6.07) is 26.3. The van der Waals surface area contributed by atoms with Crippen LogP contribution in [0.25, 0.3) is 5.57 Å². The second-order valence-corrected chi connectivity index (χ2v) is 12.8. The van der Waals surface area contributed by atoms with Crippen molar-refractivity contribution in [2.24, 2.45) is 11.8 Å². The molecule has 1 N–H and O–H groups in total. The SMILES string of the molecule is CC1=C[C@@H]2N(c3ccccc31)[C@@H](C(=O)c1ccc([N+](=O)[O-])cc1)[C@H](C(=O)c1ccc(CC(C)C)cc1)[C@@]21C(=O)Nc2ccccc21. The number of carbonyl (C=O) groups is 3. The van der Waals surface area contributed by atoms with Crippen molar-refractivity contribution < 1.29 is 19.3 Å². The normalized spacial score (nSPS) is 22.6. The summed E-state index contributed by atoms with van der Waals surface area (Å²) in [5.41, 5.74) is 4.08. The van der Waals surface area contributed by atoms with Crippen molar-refractivity contribution in [1.82, 2.24) is 0 Å². The summed E-state index contributed by atoms with van der Waals surface area (Å²) in [7, 11) is 0. The number of nitrogens with zero attached hydrogens (tertiary/aromatic N) is 2. The maximum absolute atomic E-state index is 15.1. The first-order chi connectivity index (χ1) is 22.1. The van der Waals surface area contributed by atoms with E-state index in [1.165, 1.54) is 24.3 Å². The van der Waals surface area contributed by atoms with E-state index in [1.54, 1.807) is 12.1 Å². The Morgan fingerprint density at radius 1 is 0.891 bits per heavy atom. The van der Waals surface area contributed by atoms with Crippen molar-refractivity contribution in [3.05, 3.63) is 141 Å². The molecule has 0 unspecified atom stereocenters. The van der Waals surface area contributed by atoms with Gasteiger partial charge in [-0.15, -0.1) is 0 Å². The van der Waals surface area contributed by atoms with Gasteiger partial charge in [-0.25, -0.2) is 0 Å². The van der Waals surface area contributed by atoms with Gasteiger partial charge < -0.3 is 10.2 Å². The van der Waals surface area contributed by atoms with Crippen LogP contribution in [0.2, 0.25) is 0 Å². The lowest BCUT2D eigenvalue weighted by Crippen LogP contribution is -2.51. The van der Waals surface area contributed by atoms with Gasteiger partial charge in [-0.3, -0.25) is 24.5 Å². The van der Waals surface area contributed by atoms with E-state index >= 15 is 4.79 Å². The molecule has 0 bridgehead atoms. The van der Waals surface area contributed by atoms with Gasteiger partial charge in [0.15, 0.2) is 11.6 Å². The van der Waals surface area contributed by atoms with E-state index in [2.05, 4.69) is 19.2 Å². The number of nitro groups is 1. The van der Waals surface area contributed by atoms with Crippen LogP contribution in [0.15, 0.2) is 103 Å². The highest BCUT2D eigenvalue weighted by Gasteiger charge is 2.70. The number of non-ortho nitro benzene ring substituents is 1. The lowest BCUT2D eigenvalue weighted by Gasteiger charge is -2.39. The van der Waals surface area contributed by atoms with E-state index in [4.69, 9.17) is 0 Å². The van der Waals surface area contributed by atoms with Gasteiger partial charge in [0.1, 0.15) is 11.5 Å². The molecule has 3 heterocycles. The standard InChI is InChI=1S/C38H33N3O5/c1-22(2)20-24-12-14-25(15-13-24)35(42)33-34(36(43)26-16-18-27(19-17-26)41(45)46)40-31-11-7-4-8-28(31)23(3)21-32(40)38(33)29-9-5-6-10-30(29)39-37(38)44/h4-19,21-22,32-34H,20H2,1-3H3,(H,39,44)/t32-,33+,34+,38-/m0/s1. The minimum absolute atomic E-state index is 0.141. The van der Waals surface area contributed by atoms with Gasteiger partial charge in [-0.2, -0.15) is 0 Å². The fraction of sp³-hybridized carbons (Fsp3) is 0.237. The number of ketones is 2. The van der Waals surface area contributed by atoms with Gasteiger partial charge in [0, 0.05) is 40.2 Å². The number of fused-ring (bicyclic) bond motifs is 6. The maximum Gasteiger partial charge on any atom is 0.269 e. The van der Waals surface area contributed by atoms with Crippen molar-refractivity contribution >= 4 is 40.1 Å². The molecule has 3 aliphatic heterocycles. The molecular formula is C38H33N3O5. The molecule has 230 valence electrons. The summed E-state index contributed by atoms with van der Waals surface area (Å²) in [5.74, 6) is -1.70. The Balaban J connectivity index is 1.48. The topological polar surface area (TPSA) is 110 Å². The maximum atomic E-state index is 15.1. The molecule has 1 saturated heterocycles. The predicted octanol–water partition coefficient (Wildman–Crippen LogP) is 7.04. The van der Waals surface area contributed by atoms with Crippen molar-refractivity contribution in [3.63, 3.8) is 0 Å². The molecule has 0 radical (unpaired) electrons. The molecule has 1 amide bonds. The first-order valence-electron chi connectivity index (χ1n) is 15.5. The molecule has 0 aromatic heterocycles. The van der Waals surface area contributed by atoms with Crippen LogP contribution >= 0.6 is 0 Å². The van der Waals surface area contributed by atoms with E-state index in [0.717, 1.165) is 28.8 Å². The molecule has 4 atom stereocenters. The lowest BCUT2D eigenvalue weighted by atomic mass is 9.64. The molecule has 1 spiro atoms. The summed E-state index contributed by atoms with van der Waals surface area (Å²) in [6.07, 6.45) is 2.87. The minimum atomic E-state index is -1.43. The van der Waals surface area contributed by atoms with Crippen molar-refractivity contribution in [3.8, 4) is 0 Å². The summed E-state index contributed by atoms with van der Waals surface area (Å²) in [5, 5.41) is 14.5. The Morgan fingerprint density at radius 2 is 1.52 bits per heavy atom. The van der Waals surface area contributed by atoms with Gasteiger partial charge in [0.2, 0.25) is 5.91 Å². The molecule has 46 heavy (non-hydrogen) atoms. The quantitative estimate of drug-likeness (QED) is 0.136. The summed E-state index contributed by atoms with van der Waals surface area (Å²) >= 11 is 0. The Kier molecular flexibility index (Phi) is 6.96. The molecule has 8 heteroatoms. The lowest BCUT2D eigenvalue weighted by molar-refractivity contribution is -0.384. The molecular weight excluding hydrogens is 578 g/mol. The summed E-state index contributed by atoms with van der Waals surface area (Å²) < 4.78 is 0. The van der Waals surface area contributed by atoms with Crippen LogP contribution in [0.3, 0.4) is 0 Å². The van der Waals surface area contributed by atoms with Crippen LogP contribution in [0.4, 0.5) is 17.1 Å². The zero-order chi connectivity index (χ0) is 32.3. The van der Waals surface area contributed by atoms with E-state index in [-0.39, 0.29) is 28.7 Å². The number of hydrogen-bond donors (Lipinski definition) is 1. The summed E-state index contributed by atoms with van der Waals surface area (Å²) in [6.45, 7) is 6.25. The van der Waals surface area contributed by atoms with Crippen molar-refractivity contribution in [1.29, 1.82) is 0 Å². The zero-order valence-corrected chi connectivity index (χ0v) is 25.8. The average molecular weight is 612 g/mol. The van der Waals surface area contributed by atoms with E-state index in [9.17, 15) is 19.7 Å².